The van der Waals surface area contributed by atoms with Gasteiger partial charge in [0.25, 0.3) is 5.91 Å². The first-order chi connectivity index (χ1) is 8.59. The van der Waals surface area contributed by atoms with Crippen molar-refractivity contribution in [3.8, 4) is 0 Å². The molecule has 1 aliphatic heterocycles. The summed E-state index contributed by atoms with van der Waals surface area (Å²) in [6.07, 6.45) is 1.85. The van der Waals surface area contributed by atoms with Crippen LogP contribution in [0, 0.1) is 10.1 Å². The van der Waals surface area contributed by atoms with Crippen molar-refractivity contribution in [2.75, 3.05) is 20.1 Å². The second-order valence-corrected chi connectivity index (χ2v) is 5.22. The van der Waals surface area contributed by atoms with Crippen LogP contribution in [0.2, 0.25) is 0 Å². The van der Waals surface area contributed by atoms with Gasteiger partial charge in [0.1, 0.15) is 0 Å². The van der Waals surface area contributed by atoms with Crippen molar-refractivity contribution in [1.82, 2.24) is 10.2 Å². The average molecular weight is 269 g/mol. The van der Waals surface area contributed by atoms with Crippen LogP contribution in [0.5, 0.6) is 0 Å². The molecule has 18 heavy (non-hydrogen) atoms. The predicted octanol–water partition coefficient (Wildman–Crippen LogP) is 1.48. The summed E-state index contributed by atoms with van der Waals surface area (Å²) in [5.41, 5.74) is 0.410. The van der Waals surface area contributed by atoms with Crippen LogP contribution in [-0.2, 0) is 0 Å². The van der Waals surface area contributed by atoms with E-state index in [4.69, 9.17) is 0 Å². The van der Waals surface area contributed by atoms with Crippen molar-refractivity contribution >= 4 is 22.2 Å². The molecule has 0 bridgehead atoms. The van der Waals surface area contributed by atoms with E-state index < -0.39 is 4.92 Å². The van der Waals surface area contributed by atoms with Crippen LogP contribution < -0.4 is 5.32 Å². The lowest BCUT2D eigenvalue weighted by Crippen LogP contribution is -2.43. The van der Waals surface area contributed by atoms with Gasteiger partial charge in [0.15, 0.2) is 0 Å². The van der Waals surface area contributed by atoms with E-state index in [2.05, 4.69) is 5.32 Å². The molecule has 1 aromatic rings. The highest BCUT2D eigenvalue weighted by atomic mass is 32.1. The number of hydrogen-bond acceptors (Lipinski definition) is 5. The average Bonchev–Trinajstić information content (AvgIpc) is 2.88. The van der Waals surface area contributed by atoms with Crippen molar-refractivity contribution in [3.05, 3.63) is 27.1 Å². The molecule has 0 atom stereocenters. The van der Waals surface area contributed by atoms with Gasteiger partial charge in [-0.3, -0.25) is 14.9 Å². The zero-order valence-corrected chi connectivity index (χ0v) is 10.9. The van der Waals surface area contributed by atoms with Gasteiger partial charge in [-0.25, -0.2) is 0 Å². The Hall–Kier alpha value is -1.47. The zero-order chi connectivity index (χ0) is 13.1. The van der Waals surface area contributed by atoms with Crippen LogP contribution in [-0.4, -0.2) is 41.9 Å². The van der Waals surface area contributed by atoms with E-state index in [1.807, 2.05) is 0 Å². The van der Waals surface area contributed by atoms with E-state index in [9.17, 15) is 14.9 Å². The van der Waals surface area contributed by atoms with Gasteiger partial charge in [0, 0.05) is 24.5 Å². The van der Waals surface area contributed by atoms with Gasteiger partial charge in [-0.1, -0.05) is 11.3 Å². The van der Waals surface area contributed by atoms with Gasteiger partial charge in [-0.2, -0.15) is 0 Å². The van der Waals surface area contributed by atoms with E-state index in [0.717, 1.165) is 37.3 Å². The normalized spacial score (nSPS) is 16.5. The van der Waals surface area contributed by atoms with E-state index in [0.29, 0.717) is 5.56 Å². The van der Waals surface area contributed by atoms with Crippen molar-refractivity contribution in [2.45, 2.75) is 18.9 Å². The highest BCUT2D eigenvalue weighted by molar-refractivity contribution is 7.13. The van der Waals surface area contributed by atoms with Crippen molar-refractivity contribution in [2.24, 2.45) is 0 Å². The summed E-state index contributed by atoms with van der Waals surface area (Å²) in [4.78, 5) is 24.0. The molecule has 1 N–H and O–H groups in total. The molecule has 98 valence electrons. The lowest BCUT2D eigenvalue weighted by atomic mass is 10.0. The van der Waals surface area contributed by atoms with Gasteiger partial charge < -0.3 is 10.2 Å². The number of nitrogens with zero attached hydrogens (tertiary/aromatic N) is 2. The molecule has 6 nitrogen and oxygen atoms in total. The number of carbonyl (C=O) groups excluding carboxylic acids is 1. The number of nitrogens with one attached hydrogen (secondary N) is 1. The number of rotatable bonds is 3. The summed E-state index contributed by atoms with van der Waals surface area (Å²) < 4.78 is 0. The monoisotopic (exact) mass is 269 g/mol. The minimum absolute atomic E-state index is 0.0112. The molecule has 0 saturated carbocycles. The molecule has 0 radical (unpaired) electrons. The SMILES string of the molecule is CN(C(=O)c1csc([N+](=O)[O-])c1)C1CCNCC1. The number of thiophene rings is 1. The third-order valence-electron chi connectivity index (χ3n) is 3.19. The molecular weight excluding hydrogens is 254 g/mol. The Bertz CT molecular complexity index is 454. The van der Waals surface area contributed by atoms with Gasteiger partial charge in [0.2, 0.25) is 0 Å². The van der Waals surface area contributed by atoms with Gasteiger partial charge >= 0.3 is 5.00 Å². The quantitative estimate of drug-likeness (QED) is 0.666. The van der Waals surface area contributed by atoms with Crippen molar-refractivity contribution in [3.63, 3.8) is 0 Å². The molecule has 0 aromatic carbocycles. The topological polar surface area (TPSA) is 75.5 Å². The van der Waals surface area contributed by atoms with Crippen LogP contribution in [0.3, 0.4) is 0 Å². The molecule has 0 aliphatic carbocycles. The summed E-state index contributed by atoms with van der Waals surface area (Å²) in [5.74, 6) is -0.133. The van der Waals surface area contributed by atoms with Crippen LogP contribution in [0.15, 0.2) is 11.4 Å². The maximum absolute atomic E-state index is 12.2. The van der Waals surface area contributed by atoms with Crippen LogP contribution in [0.4, 0.5) is 5.00 Å². The number of piperidine rings is 1. The zero-order valence-electron chi connectivity index (χ0n) is 10.1. The number of hydrogen-bond donors (Lipinski definition) is 1. The smallest absolute Gasteiger partial charge is 0.324 e. The van der Waals surface area contributed by atoms with Crippen molar-refractivity contribution in [1.29, 1.82) is 0 Å². The summed E-state index contributed by atoms with van der Waals surface area (Å²) >= 11 is 0.991. The molecule has 1 aliphatic rings. The Morgan fingerprint density at radius 1 is 1.56 bits per heavy atom. The van der Waals surface area contributed by atoms with Crippen LogP contribution >= 0.6 is 11.3 Å². The summed E-state index contributed by atoms with van der Waals surface area (Å²) in [6, 6.07) is 1.57. The number of amides is 1. The second kappa shape index (κ2) is 5.45. The molecule has 0 spiro atoms. The molecule has 0 unspecified atom stereocenters. The highest BCUT2D eigenvalue weighted by Gasteiger charge is 2.24. The Morgan fingerprint density at radius 2 is 2.22 bits per heavy atom. The molecule has 1 amide bonds. The molecule has 1 fully saturated rings. The summed E-state index contributed by atoms with van der Waals surface area (Å²) in [6.45, 7) is 1.82. The Balaban J connectivity index is 2.07. The molecule has 1 saturated heterocycles. The lowest BCUT2D eigenvalue weighted by molar-refractivity contribution is -0.380. The Kier molecular flexibility index (Phi) is 3.93. The lowest BCUT2D eigenvalue weighted by Gasteiger charge is -2.31. The fourth-order valence-corrected chi connectivity index (χ4v) is 2.79. The third-order valence-corrected chi connectivity index (χ3v) is 4.07. The van der Waals surface area contributed by atoms with Gasteiger partial charge in [-0.15, -0.1) is 0 Å². The van der Waals surface area contributed by atoms with E-state index >= 15 is 0 Å². The summed E-state index contributed by atoms with van der Waals surface area (Å²) in [7, 11) is 1.77. The predicted molar refractivity (Wildman–Crippen MR) is 69.0 cm³/mol. The number of carbonyl (C=O) groups is 1. The Labute approximate surface area is 109 Å². The minimum Gasteiger partial charge on any atom is -0.339 e. The first-order valence-electron chi connectivity index (χ1n) is 5.80. The minimum atomic E-state index is -0.466. The molecule has 2 heterocycles. The fourth-order valence-electron chi connectivity index (χ4n) is 2.10. The largest absolute Gasteiger partial charge is 0.339 e. The molecule has 7 heteroatoms. The third kappa shape index (κ3) is 2.68. The second-order valence-electron chi connectivity index (χ2n) is 4.33. The van der Waals surface area contributed by atoms with Gasteiger partial charge in [0.05, 0.1) is 10.5 Å². The first-order valence-corrected chi connectivity index (χ1v) is 6.68. The van der Waals surface area contributed by atoms with E-state index in [-0.39, 0.29) is 17.0 Å². The standard InChI is InChI=1S/C11H15N3O3S/c1-13(9-2-4-12-5-3-9)11(15)8-6-10(14(16)17)18-7-8/h6-7,9,12H,2-5H2,1H3. The van der Waals surface area contributed by atoms with Crippen LogP contribution in [0.25, 0.3) is 0 Å². The Morgan fingerprint density at radius 3 is 2.78 bits per heavy atom. The summed E-state index contributed by atoms with van der Waals surface area (Å²) in [5, 5.41) is 15.4. The molecule has 1 aromatic heterocycles. The van der Waals surface area contributed by atoms with Gasteiger partial charge in [-0.05, 0) is 25.9 Å². The molecule has 2 rings (SSSR count). The fraction of sp³-hybridized carbons (Fsp3) is 0.545. The number of nitro groups is 1. The highest BCUT2D eigenvalue weighted by Crippen LogP contribution is 2.24. The van der Waals surface area contributed by atoms with E-state index in [1.165, 1.54) is 6.07 Å². The maximum atomic E-state index is 12.2. The van der Waals surface area contributed by atoms with E-state index in [1.54, 1.807) is 17.3 Å². The first kappa shape index (κ1) is 13.0. The van der Waals surface area contributed by atoms with Crippen LogP contribution in [0.1, 0.15) is 23.2 Å². The van der Waals surface area contributed by atoms with Crippen molar-refractivity contribution < 1.29 is 9.72 Å². The maximum Gasteiger partial charge on any atom is 0.324 e. The molecular formula is C11H15N3O3S.